The molecular formula is C20H30FN3O3. The number of hydrogen-bond donors (Lipinski definition) is 1. The molecule has 1 N–H and O–H groups in total. The third kappa shape index (κ3) is 5.64. The van der Waals surface area contributed by atoms with Gasteiger partial charge in [-0.05, 0) is 24.1 Å². The molecule has 1 aromatic rings. The molecule has 2 heterocycles. The number of rotatable bonds is 7. The van der Waals surface area contributed by atoms with Crippen LogP contribution in [0.2, 0.25) is 0 Å². The van der Waals surface area contributed by atoms with Gasteiger partial charge in [0.05, 0.1) is 5.60 Å². The van der Waals surface area contributed by atoms with E-state index in [0.29, 0.717) is 18.8 Å². The number of piperazine rings is 1. The zero-order chi connectivity index (χ0) is 19.3. The Morgan fingerprint density at radius 1 is 1.15 bits per heavy atom. The summed E-state index contributed by atoms with van der Waals surface area (Å²) < 4.78 is 17.4. The molecule has 0 aliphatic carbocycles. The highest BCUT2D eigenvalue weighted by molar-refractivity contribution is 5.73. The van der Waals surface area contributed by atoms with E-state index in [1.165, 1.54) is 0 Å². The van der Waals surface area contributed by atoms with Crippen molar-refractivity contribution in [2.45, 2.75) is 25.5 Å². The van der Waals surface area contributed by atoms with E-state index in [4.69, 9.17) is 4.74 Å². The van der Waals surface area contributed by atoms with E-state index >= 15 is 0 Å². The van der Waals surface area contributed by atoms with Gasteiger partial charge in [0.2, 0.25) is 5.91 Å². The lowest BCUT2D eigenvalue weighted by Crippen LogP contribution is -2.53. The number of aliphatic hydroxyl groups is 1. The average Bonchev–Trinajstić information content (AvgIpc) is 3.02. The highest BCUT2D eigenvalue weighted by atomic mass is 19.1. The van der Waals surface area contributed by atoms with E-state index < -0.39 is 12.3 Å². The number of benzene rings is 1. The Kier molecular flexibility index (Phi) is 6.68. The van der Waals surface area contributed by atoms with Crippen molar-refractivity contribution in [1.82, 2.24) is 14.7 Å². The second kappa shape index (κ2) is 8.99. The van der Waals surface area contributed by atoms with Crippen LogP contribution in [-0.4, -0.2) is 90.4 Å². The van der Waals surface area contributed by atoms with Gasteiger partial charge in [-0.25, -0.2) is 4.39 Å². The van der Waals surface area contributed by atoms with Crippen molar-refractivity contribution in [1.29, 1.82) is 0 Å². The van der Waals surface area contributed by atoms with Crippen LogP contribution in [0.25, 0.3) is 0 Å². The molecule has 6 nitrogen and oxygen atoms in total. The van der Waals surface area contributed by atoms with Gasteiger partial charge in [0.25, 0.3) is 0 Å². The first-order valence-electron chi connectivity index (χ1n) is 9.68. The van der Waals surface area contributed by atoms with Crippen LogP contribution in [0.1, 0.15) is 18.9 Å². The lowest BCUT2D eigenvalue weighted by molar-refractivity contribution is -0.130. The van der Waals surface area contributed by atoms with Crippen molar-refractivity contribution in [2.75, 3.05) is 59.1 Å². The van der Waals surface area contributed by atoms with E-state index in [1.54, 1.807) is 6.92 Å². The van der Waals surface area contributed by atoms with Crippen LogP contribution < -0.4 is 4.74 Å². The van der Waals surface area contributed by atoms with Gasteiger partial charge >= 0.3 is 0 Å². The van der Waals surface area contributed by atoms with Gasteiger partial charge in [0, 0.05) is 59.3 Å². The molecule has 0 saturated carbocycles. The molecule has 0 unspecified atom stereocenters. The van der Waals surface area contributed by atoms with Gasteiger partial charge in [-0.1, -0.05) is 12.1 Å². The maximum atomic E-state index is 12.1. The van der Waals surface area contributed by atoms with Crippen molar-refractivity contribution < 1.29 is 19.0 Å². The number of nitrogens with zero attached hydrogens (tertiary/aromatic N) is 3. The number of β-amino-alcohol motifs (C(OH)–C–C–N with tert-alkyl or cyclic N) is 1. The van der Waals surface area contributed by atoms with Crippen molar-refractivity contribution in [3.8, 4) is 5.75 Å². The predicted octanol–water partition coefficient (Wildman–Crippen LogP) is 1.14. The Labute approximate surface area is 160 Å². The summed E-state index contributed by atoms with van der Waals surface area (Å²) in [6, 6.07) is 7.71. The first-order valence-corrected chi connectivity index (χ1v) is 9.68. The van der Waals surface area contributed by atoms with Crippen LogP contribution >= 0.6 is 0 Å². The fourth-order valence-corrected chi connectivity index (χ4v) is 3.95. The molecule has 0 radical (unpaired) electrons. The highest BCUT2D eigenvalue weighted by Gasteiger charge is 2.38. The fourth-order valence-electron chi connectivity index (χ4n) is 3.95. The molecule has 1 aromatic carbocycles. The minimum atomic E-state index is -0.692. The molecule has 0 spiro atoms. The van der Waals surface area contributed by atoms with E-state index in [-0.39, 0.29) is 12.5 Å². The largest absolute Gasteiger partial charge is 0.491 e. The zero-order valence-corrected chi connectivity index (χ0v) is 16.1. The summed E-state index contributed by atoms with van der Waals surface area (Å²) in [4.78, 5) is 17.8. The van der Waals surface area contributed by atoms with Gasteiger partial charge in [-0.3, -0.25) is 14.6 Å². The monoisotopic (exact) mass is 379 g/mol. The second-order valence-corrected chi connectivity index (χ2v) is 7.65. The zero-order valence-electron chi connectivity index (χ0n) is 16.1. The molecule has 0 aromatic heterocycles. The normalized spacial score (nSPS) is 24.3. The standard InChI is InChI=1S/C20H30FN3O3/c1-17(25)24-11-9-22(10-12-24)15-20(26)6-8-23(16-20)14-18-2-4-19(5-3-18)27-13-7-21/h2-5,26H,6-16H2,1H3/t20-/m1/s1. The molecule has 27 heavy (non-hydrogen) atoms. The molecule has 2 aliphatic heterocycles. The average molecular weight is 379 g/mol. The van der Waals surface area contributed by atoms with Crippen LogP contribution in [0.5, 0.6) is 5.75 Å². The van der Waals surface area contributed by atoms with Gasteiger partial charge in [0.15, 0.2) is 0 Å². The van der Waals surface area contributed by atoms with Crippen LogP contribution in [0.4, 0.5) is 4.39 Å². The Hall–Kier alpha value is -1.70. The molecule has 2 fully saturated rings. The quantitative estimate of drug-likeness (QED) is 0.770. The number of carbonyl (C=O) groups is 1. The maximum absolute atomic E-state index is 12.1. The summed E-state index contributed by atoms with van der Waals surface area (Å²) in [5.74, 6) is 0.806. The lowest BCUT2D eigenvalue weighted by Gasteiger charge is -2.38. The second-order valence-electron chi connectivity index (χ2n) is 7.65. The number of amides is 1. The third-order valence-corrected chi connectivity index (χ3v) is 5.42. The van der Waals surface area contributed by atoms with Gasteiger partial charge in [-0.2, -0.15) is 0 Å². The SMILES string of the molecule is CC(=O)N1CCN(C[C@]2(O)CCN(Cc3ccc(OCCF)cc3)C2)CC1. The van der Waals surface area contributed by atoms with Gasteiger partial charge < -0.3 is 14.7 Å². The van der Waals surface area contributed by atoms with E-state index in [1.807, 2.05) is 29.2 Å². The van der Waals surface area contributed by atoms with E-state index in [2.05, 4.69) is 9.80 Å². The molecule has 1 amide bonds. The van der Waals surface area contributed by atoms with Crippen LogP contribution in [0, 0.1) is 0 Å². The Morgan fingerprint density at radius 2 is 1.85 bits per heavy atom. The molecule has 2 aliphatic rings. The van der Waals surface area contributed by atoms with Crippen molar-refractivity contribution in [3.05, 3.63) is 29.8 Å². The van der Waals surface area contributed by atoms with E-state index in [0.717, 1.165) is 51.3 Å². The number of alkyl halides is 1. The van der Waals surface area contributed by atoms with Crippen molar-refractivity contribution in [3.63, 3.8) is 0 Å². The number of hydrogen-bond acceptors (Lipinski definition) is 5. The predicted molar refractivity (Wildman–Crippen MR) is 101 cm³/mol. The maximum Gasteiger partial charge on any atom is 0.219 e. The fraction of sp³-hybridized carbons (Fsp3) is 0.650. The third-order valence-electron chi connectivity index (χ3n) is 5.42. The molecular weight excluding hydrogens is 349 g/mol. The first kappa shape index (κ1) is 20.0. The highest BCUT2D eigenvalue weighted by Crippen LogP contribution is 2.25. The number of carbonyl (C=O) groups excluding carboxylic acids is 1. The summed E-state index contributed by atoms with van der Waals surface area (Å²) in [5.41, 5.74) is 0.463. The minimum absolute atomic E-state index is 0.0825. The molecule has 150 valence electrons. The van der Waals surface area contributed by atoms with Crippen molar-refractivity contribution >= 4 is 5.91 Å². The molecule has 2 saturated heterocycles. The number of halogens is 1. The summed E-state index contributed by atoms with van der Waals surface area (Å²) >= 11 is 0. The Balaban J connectivity index is 1.45. The van der Waals surface area contributed by atoms with Crippen LogP contribution in [0.15, 0.2) is 24.3 Å². The van der Waals surface area contributed by atoms with Gasteiger partial charge in [-0.15, -0.1) is 0 Å². The lowest BCUT2D eigenvalue weighted by atomic mass is 10.0. The molecule has 1 atom stereocenters. The first-order chi connectivity index (χ1) is 13.0. The minimum Gasteiger partial charge on any atom is -0.491 e. The number of likely N-dealkylation sites (tertiary alicyclic amines) is 1. The summed E-state index contributed by atoms with van der Waals surface area (Å²) in [6.07, 6.45) is 0.762. The molecule has 3 rings (SSSR count). The smallest absolute Gasteiger partial charge is 0.219 e. The summed E-state index contributed by atoms with van der Waals surface area (Å²) in [7, 11) is 0. The Bertz CT molecular complexity index is 619. The van der Waals surface area contributed by atoms with Gasteiger partial charge in [0.1, 0.15) is 19.0 Å². The van der Waals surface area contributed by atoms with Crippen LogP contribution in [-0.2, 0) is 11.3 Å². The number of ether oxygens (including phenoxy) is 1. The Morgan fingerprint density at radius 3 is 2.48 bits per heavy atom. The molecule has 7 heteroatoms. The topological polar surface area (TPSA) is 56.2 Å². The van der Waals surface area contributed by atoms with E-state index in [9.17, 15) is 14.3 Å². The summed E-state index contributed by atoms with van der Waals surface area (Å²) in [6.45, 7) is 7.29. The van der Waals surface area contributed by atoms with Crippen molar-refractivity contribution in [2.24, 2.45) is 0 Å². The molecule has 0 bridgehead atoms. The summed E-state index contributed by atoms with van der Waals surface area (Å²) in [5, 5.41) is 11.0. The van der Waals surface area contributed by atoms with Crippen LogP contribution in [0.3, 0.4) is 0 Å².